The molecule has 4 nitrogen and oxygen atoms in total. The van der Waals surface area contributed by atoms with Crippen LogP contribution in [-0.4, -0.2) is 19.0 Å². The van der Waals surface area contributed by atoms with Crippen molar-refractivity contribution < 1.29 is 14.3 Å². The Morgan fingerprint density at radius 1 is 1.25 bits per heavy atom. The number of anilines is 1. The second-order valence-corrected chi connectivity index (χ2v) is 6.33. The third-order valence-corrected chi connectivity index (χ3v) is 4.44. The van der Waals surface area contributed by atoms with Crippen LogP contribution in [0, 0.1) is 0 Å². The summed E-state index contributed by atoms with van der Waals surface area (Å²) in [5.74, 6) is -0.00774. The van der Waals surface area contributed by atoms with E-state index in [1.165, 1.54) is 0 Å². The lowest BCUT2D eigenvalue weighted by Gasteiger charge is -2.33. The lowest BCUT2D eigenvalue weighted by atomic mass is 9.84. The van der Waals surface area contributed by atoms with Crippen LogP contribution < -0.4 is 5.32 Å². The molecular weight excluding hydrogens is 349 g/mol. The summed E-state index contributed by atoms with van der Waals surface area (Å²) in [6.45, 7) is 2.00. The van der Waals surface area contributed by atoms with Gasteiger partial charge in [0.1, 0.15) is 0 Å². The number of benzene rings is 2. The molecule has 0 fully saturated rings. The molecule has 2 aromatic carbocycles. The highest BCUT2D eigenvalue weighted by Crippen LogP contribution is 2.44. The van der Waals surface area contributed by atoms with Crippen LogP contribution in [0.1, 0.15) is 30.4 Å². The van der Waals surface area contributed by atoms with Crippen LogP contribution in [0.15, 0.2) is 42.5 Å². The van der Waals surface area contributed by atoms with Crippen molar-refractivity contribution in [2.75, 3.05) is 11.9 Å². The van der Waals surface area contributed by atoms with Gasteiger partial charge in [0, 0.05) is 33.6 Å². The minimum absolute atomic E-state index is 0.00774. The molecule has 0 aliphatic carbocycles. The summed E-state index contributed by atoms with van der Waals surface area (Å²) < 4.78 is 10.2. The number of hydrogen-bond donors (Lipinski definition) is 1. The quantitative estimate of drug-likeness (QED) is 0.735. The van der Waals surface area contributed by atoms with Crippen molar-refractivity contribution in [1.82, 2.24) is 0 Å². The fourth-order valence-corrected chi connectivity index (χ4v) is 3.58. The van der Waals surface area contributed by atoms with Gasteiger partial charge in [-0.3, -0.25) is 0 Å². The van der Waals surface area contributed by atoms with Crippen LogP contribution in [-0.2, 0) is 9.47 Å². The molecule has 1 heterocycles. The Morgan fingerprint density at radius 3 is 2.71 bits per heavy atom. The number of halogens is 2. The Bertz CT molecular complexity index is 737. The van der Waals surface area contributed by atoms with Gasteiger partial charge >= 0.3 is 6.16 Å². The van der Waals surface area contributed by atoms with Crippen LogP contribution in [0.3, 0.4) is 0 Å². The summed E-state index contributed by atoms with van der Waals surface area (Å²) in [5.41, 5.74) is 2.82. The standard InChI is InChI=1S/C18H17Cl2NO3/c1-2-23-18(22)24-16-10-13(11-6-4-3-5-7-11)17-14(20)8-12(19)9-15(17)21-16/h3-9,13,16,21H,2,10H2,1H3. The highest BCUT2D eigenvalue weighted by atomic mass is 35.5. The van der Waals surface area contributed by atoms with E-state index in [1.807, 2.05) is 30.3 Å². The van der Waals surface area contributed by atoms with E-state index in [9.17, 15) is 4.79 Å². The Labute approximate surface area is 150 Å². The number of hydrogen-bond acceptors (Lipinski definition) is 4. The number of rotatable bonds is 3. The predicted octanol–water partition coefficient (Wildman–Crippen LogP) is 5.44. The second-order valence-electron chi connectivity index (χ2n) is 5.48. The van der Waals surface area contributed by atoms with Crippen LogP contribution in [0.2, 0.25) is 10.0 Å². The molecule has 1 aliphatic heterocycles. The summed E-state index contributed by atoms with van der Waals surface area (Å²) in [4.78, 5) is 11.7. The molecule has 0 saturated carbocycles. The van der Waals surface area contributed by atoms with Crippen LogP contribution in [0.25, 0.3) is 0 Å². The van der Waals surface area contributed by atoms with Crippen LogP contribution >= 0.6 is 23.2 Å². The van der Waals surface area contributed by atoms with E-state index in [1.54, 1.807) is 19.1 Å². The summed E-state index contributed by atoms with van der Waals surface area (Å²) in [7, 11) is 0. The maximum Gasteiger partial charge on any atom is 0.510 e. The van der Waals surface area contributed by atoms with Crippen molar-refractivity contribution in [1.29, 1.82) is 0 Å². The molecule has 2 unspecified atom stereocenters. The van der Waals surface area contributed by atoms with E-state index in [2.05, 4.69) is 5.32 Å². The normalized spacial score (nSPS) is 19.1. The van der Waals surface area contributed by atoms with Crippen molar-refractivity contribution >= 4 is 35.0 Å². The number of ether oxygens (including phenoxy) is 2. The monoisotopic (exact) mass is 365 g/mol. The average molecular weight is 366 g/mol. The molecule has 2 aromatic rings. The molecule has 0 amide bonds. The van der Waals surface area contributed by atoms with Gasteiger partial charge in [0.05, 0.1) is 6.61 Å². The summed E-state index contributed by atoms with van der Waals surface area (Å²) in [6, 6.07) is 13.5. The Morgan fingerprint density at radius 2 is 2.00 bits per heavy atom. The Balaban J connectivity index is 1.97. The maximum atomic E-state index is 11.7. The van der Waals surface area contributed by atoms with Crippen molar-refractivity contribution in [3.63, 3.8) is 0 Å². The van der Waals surface area contributed by atoms with Crippen molar-refractivity contribution in [2.24, 2.45) is 0 Å². The number of nitrogens with one attached hydrogen (secondary N) is 1. The highest BCUT2D eigenvalue weighted by molar-refractivity contribution is 6.35. The molecule has 1 aliphatic rings. The summed E-state index contributed by atoms with van der Waals surface area (Å²) in [6.07, 6.45) is -0.661. The van der Waals surface area contributed by atoms with Crippen molar-refractivity contribution in [3.8, 4) is 0 Å². The smallest absolute Gasteiger partial charge is 0.435 e. The molecule has 126 valence electrons. The second kappa shape index (κ2) is 7.32. The third-order valence-electron chi connectivity index (χ3n) is 3.91. The largest absolute Gasteiger partial charge is 0.510 e. The zero-order chi connectivity index (χ0) is 17.1. The molecule has 24 heavy (non-hydrogen) atoms. The molecule has 3 rings (SSSR count). The van der Waals surface area contributed by atoms with E-state index in [-0.39, 0.29) is 12.5 Å². The molecule has 1 N–H and O–H groups in total. The molecule has 0 saturated heterocycles. The van der Waals surface area contributed by atoms with Gasteiger partial charge < -0.3 is 14.8 Å². The third kappa shape index (κ3) is 3.60. The predicted molar refractivity (Wildman–Crippen MR) is 94.9 cm³/mol. The molecule has 2 atom stereocenters. The zero-order valence-electron chi connectivity index (χ0n) is 13.1. The number of carbonyl (C=O) groups is 1. The van der Waals surface area contributed by atoms with Gasteiger partial charge in [0.15, 0.2) is 6.23 Å². The Hall–Kier alpha value is -1.91. The van der Waals surface area contributed by atoms with E-state index >= 15 is 0 Å². The minimum atomic E-state index is -0.696. The lowest BCUT2D eigenvalue weighted by molar-refractivity contribution is 0.0302. The van der Waals surface area contributed by atoms with Gasteiger partial charge in [0.2, 0.25) is 0 Å². The summed E-state index contributed by atoms with van der Waals surface area (Å²) >= 11 is 12.6. The first kappa shape index (κ1) is 16.9. The SMILES string of the molecule is CCOC(=O)OC1CC(c2ccccc2)c2c(Cl)cc(Cl)cc2N1. The number of fused-ring (bicyclic) bond motifs is 1. The fraction of sp³-hybridized carbons (Fsp3) is 0.278. The minimum Gasteiger partial charge on any atom is -0.435 e. The van der Waals surface area contributed by atoms with Gasteiger partial charge in [-0.1, -0.05) is 53.5 Å². The van der Waals surface area contributed by atoms with Gasteiger partial charge in [-0.05, 0) is 24.6 Å². The lowest BCUT2D eigenvalue weighted by Crippen LogP contribution is -2.33. The van der Waals surface area contributed by atoms with E-state index in [0.717, 1.165) is 16.8 Å². The van der Waals surface area contributed by atoms with Gasteiger partial charge in [-0.2, -0.15) is 0 Å². The van der Waals surface area contributed by atoms with Crippen LogP contribution in [0.5, 0.6) is 0 Å². The van der Waals surface area contributed by atoms with Gasteiger partial charge in [-0.15, -0.1) is 0 Å². The average Bonchev–Trinajstić information content (AvgIpc) is 2.54. The zero-order valence-corrected chi connectivity index (χ0v) is 14.6. The first-order chi connectivity index (χ1) is 11.6. The van der Waals surface area contributed by atoms with E-state index in [4.69, 9.17) is 32.7 Å². The van der Waals surface area contributed by atoms with Gasteiger partial charge in [0.25, 0.3) is 0 Å². The Kier molecular flexibility index (Phi) is 5.17. The maximum absolute atomic E-state index is 11.7. The molecule has 0 bridgehead atoms. The first-order valence-electron chi connectivity index (χ1n) is 7.72. The fourth-order valence-electron chi connectivity index (χ4n) is 2.96. The molecule has 6 heteroatoms. The molecular formula is C18H17Cl2NO3. The summed E-state index contributed by atoms with van der Waals surface area (Å²) in [5, 5.41) is 4.29. The highest BCUT2D eigenvalue weighted by Gasteiger charge is 2.32. The first-order valence-corrected chi connectivity index (χ1v) is 8.48. The van der Waals surface area contributed by atoms with E-state index < -0.39 is 12.4 Å². The van der Waals surface area contributed by atoms with Crippen molar-refractivity contribution in [3.05, 3.63) is 63.6 Å². The topological polar surface area (TPSA) is 47.6 Å². The van der Waals surface area contributed by atoms with Crippen LogP contribution in [0.4, 0.5) is 10.5 Å². The molecule has 0 spiro atoms. The van der Waals surface area contributed by atoms with Gasteiger partial charge in [-0.25, -0.2) is 4.79 Å². The van der Waals surface area contributed by atoms with Crippen molar-refractivity contribution in [2.45, 2.75) is 25.5 Å². The molecule has 0 aromatic heterocycles. The number of carbonyl (C=O) groups excluding carboxylic acids is 1. The molecule has 0 radical (unpaired) electrons. The van der Waals surface area contributed by atoms with E-state index in [0.29, 0.717) is 16.5 Å².